The molecule has 0 spiro atoms. The van der Waals surface area contributed by atoms with Gasteiger partial charge in [-0.2, -0.15) is 0 Å². The fourth-order valence-electron chi connectivity index (χ4n) is 3.48. The first-order valence-electron chi connectivity index (χ1n) is 9.76. The van der Waals surface area contributed by atoms with Crippen LogP contribution in [0.4, 0.5) is 0 Å². The van der Waals surface area contributed by atoms with Crippen molar-refractivity contribution in [2.24, 2.45) is 17.8 Å². The SMILES string of the molecule is Cc1ccccc1C(=O)NC(C(=O)NCC(C(=O)O)C1CCOCC1)C(C)C. The summed E-state index contributed by atoms with van der Waals surface area (Å²) in [5, 5.41) is 15.1. The zero-order chi connectivity index (χ0) is 20.7. The number of carbonyl (C=O) groups excluding carboxylic acids is 2. The van der Waals surface area contributed by atoms with E-state index in [0.717, 1.165) is 5.56 Å². The Morgan fingerprint density at radius 3 is 2.39 bits per heavy atom. The molecule has 2 rings (SSSR count). The van der Waals surface area contributed by atoms with Gasteiger partial charge in [0, 0.05) is 25.3 Å². The molecule has 1 aliphatic heterocycles. The zero-order valence-electron chi connectivity index (χ0n) is 16.7. The van der Waals surface area contributed by atoms with Crippen molar-refractivity contribution in [2.75, 3.05) is 19.8 Å². The number of benzene rings is 1. The third-order valence-corrected chi connectivity index (χ3v) is 5.27. The van der Waals surface area contributed by atoms with Gasteiger partial charge < -0.3 is 20.5 Å². The summed E-state index contributed by atoms with van der Waals surface area (Å²) >= 11 is 0. The molecule has 1 aliphatic rings. The fraction of sp³-hybridized carbons (Fsp3) is 0.571. The molecule has 7 nitrogen and oxygen atoms in total. The largest absolute Gasteiger partial charge is 0.481 e. The maximum Gasteiger partial charge on any atom is 0.308 e. The van der Waals surface area contributed by atoms with Crippen molar-refractivity contribution in [3.8, 4) is 0 Å². The number of rotatable bonds is 8. The summed E-state index contributed by atoms with van der Waals surface area (Å²) in [5.41, 5.74) is 1.35. The molecule has 28 heavy (non-hydrogen) atoms. The minimum absolute atomic E-state index is 0.0226. The lowest BCUT2D eigenvalue weighted by Crippen LogP contribution is -2.51. The van der Waals surface area contributed by atoms with Crippen LogP contribution in [0.1, 0.15) is 42.6 Å². The van der Waals surface area contributed by atoms with Gasteiger partial charge >= 0.3 is 5.97 Å². The Hall–Kier alpha value is -2.41. The molecule has 1 heterocycles. The van der Waals surface area contributed by atoms with E-state index >= 15 is 0 Å². The van der Waals surface area contributed by atoms with Crippen LogP contribution >= 0.6 is 0 Å². The maximum atomic E-state index is 12.7. The van der Waals surface area contributed by atoms with Gasteiger partial charge in [0.1, 0.15) is 6.04 Å². The second-order valence-corrected chi connectivity index (χ2v) is 7.65. The summed E-state index contributed by atoms with van der Waals surface area (Å²) in [4.78, 5) is 36.9. The minimum Gasteiger partial charge on any atom is -0.481 e. The molecule has 7 heteroatoms. The van der Waals surface area contributed by atoms with E-state index in [1.807, 2.05) is 32.9 Å². The first-order valence-corrected chi connectivity index (χ1v) is 9.76. The standard InChI is InChI=1S/C21H30N2O5/c1-13(2)18(23-19(24)16-7-5-4-6-14(16)3)20(25)22-12-17(21(26)27)15-8-10-28-11-9-15/h4-7,13,15,17-18H,8-12H2,1-3H3,(H,22,25)(H,23,24)(H,26,27). The second-order valence-electron chi connectivity index (χ2n) is 7.65. The van der Waals surface area contributed by atoms with Crippen LogP contribution in [-0.2, 0) is 14.3 Å². The number of carboxylic acids is 1. The molecule has 2 unspecified atom stereocenters. The van der Waals surface area contributed by atoms with Crippen LogP contribution in [0.2, 0.25) is 0 Å². The van der Waals surface area contributed by atoms with Gasteiger partial charge in [-0.25, -0.2) is 0 Å². The van der Waals surface area contributed by atoms with E-state index in [2.05, 4.69) is 10.6 Å². The van der Waals surface area contributed by atoms with Crippen molar-refractivity contribution in [2.45, 2.75) is 39.7 Å². The molecule has 1 saturated heterocycles. The van der Waals surface area contributed by atoms with E-state index in [-0.39, 0.29) is 30.2 Å². The van der Waals surface area contributed by atoms with Crippen LogP contribution in [0.5, 0.6) is 0 Å². The molecule has 0 aliphatic carbocycles. The summed E-state index contributed by atoms with van der Waals surface area (Å²) in [6.07, 6.45) is 1.34. The Labute approximate surface area is 165 Å². The zero-order valence-corrected chi connectivity index (χ0v) is 16.7. The topological polar surface area (TPSA) is 105 Å². The van der Waals surface area contributed by atoms with Crippen LogP contribution in [0.25, 0.3) is 0 Å². The molecule has 0 saturated carbocycles. The highest BCUT2D eigenvalue weighted by Crippen LogP contribution is 2.24. The predicted molar refractivity (Wildman–Crippen MR) is 105 cm³/mol. The Balaban J connectivity index is 2.00. The quantitative estimate of drug-likeness (QED) is 0.630. The van der Waals surface area contributed by atoms with E-state index in [9.17, 15) is 19.5 Å². The summed E-state index contributed by atoms with van der Waals surface area (Å²) in [6, 6.07) is 6.44. The van der Waals surface area contributed by atoms with Crippen LogP contribution < -0.4 is 10.6 Å². The van der Waals surface area contributed by atoms with Crippen LogP contribution in [0, 0.1) is 24.7 Å². The lowest BCUT2D eigenvalue weighted by Gasteiger charge is -2.29. The molecule has 1 aromatic rings. The Morgan fingerprint density at radius 1 is 1.18 bits per heavy atom. The van der Waals surface area contributed by atoms with Gasteiger partial charge in [-0.15, -0.1) is 0 Å². The lowest BCUT2D eigenvalue weighted by atomic mass is 9.86. The Bertz CT molecular complexity index is 698. The van der Waals surface area contributed by atoms with Gasteiger partial charge in [0.25, 0.3) is 5.91 Å². The molecular weight excluding hydrogens is 360 g/mol. The molecule has 3 N–H and O–H groups in total. The van der Waals surface area contributed by atoms with E-state index in [1.165, 1.54) is 0 Å². The van der Waals surface area contributed by atoms with E-state index in [4.69, 9.17) is 4.74 Å². The first-order chi connectivity index (χ1) is 13.3. The van der Waals surface area contributed by atoms with E-state index in [1.54, 1.807) is 12.1 Å². The summed E-state index contributed by atoms with van der Waals surface area (Å²) in [7, 11) is 0. The maximum absolute atomic E-state index is 12.7. The molecule has 2 atom stereocenters. The number of hydrogen-bond donors (Lipinski definition) is 3. The number of nitrogens with one attached hydrogen (secondary N) is 2. The Kier molecular flexibility index (Phi) is 7.99. The van der Waals surface area contributed by atoms with Gasteiger partial charge in [-0.05, 0) is 43.2 Å². The number of aryl methyl sites for hydroxylation is 1. The normalized spacial score (nSPS) is 17.0. The number of amides is 2. The van der Waals surface area contributed by atoms with Crippen LogP contribution in [-0.4, -0.2) is 48.7 Å². The molecule has 154 valence electrons. The third-order valence-electron chi connectivity index (χ3n) is 5.27. The average molecular weight is 390 g/mol. The van der Waals surface area contributed by atoms with Gasteiger partial charge in [-0.1, -0.05) is 32.0 Å². The van der Waals surface area contributed by atoms with Gasteiger partial charge in [0.2, 0.25) is 5.91 Å². The number of hydrogen-bond acceptors (Lipinski definition) is 4. The molecule has 1 fully saturated rings. The predicted octanol–water partition coefficient (Wildman–Crippen LogP) is 1.99. The molecule has 1 aromatic carbocycles. The van der Waals surface area contributed by atoms with Gasteiger partial charge in [0.15, 0.2) is 0 Å². The van der Waals surface area contributed by atoms with Crippen LogP contribution in [0.3, 0.4) is 0 Å². The van der Waals surface area contributed by atoms with Crippen molar-refractivity contribution >= 4 is 17.8 Å². The van der Waals surface area contributed by atoms with Crippen molar-refractivity contribution < 1.29 is 24.2 Å². The highest BCUT2D eigenvalue weighted by molar-refractivity contribution is 5.98. The highest BCUT2D eigenvalue weighted by Gasteiger charge is 2.32. The molecule has 0 radical (unpaired) electrons. The summed E-state index contributed by atoms with van der Waals surface area (Å²) in [6.45, 7) is 6.66. The number of carboxylic acid groups (broad SMARTS) is 1. The third kappa shape index (κ3) is 5.79. The highest BCUT2D eigenvalue weighted by atomic mass is 16.5. The summed E-state index contributed by atoms with van der Waals surface area (Å²) in [5.74, 6) is -2.42. The van der Waals surface area contributed by atoms with Crippen molar-refractivity contribution in [1.82, 2.24) is 10.6 Å². The van der Waals surface area contributed by atoms with E-state index in [0.29, 0.717) is 31.6 Å². The van der Waals surface area contributed by atoms with Gasteiger partial charge in [-0.3, -0.25) is 14.4 Å². The summed E-state index contributed by atoms with van der Waals surface area (Å²) < 4.78 is 5.29. The number of ether oxygens (including phenoxy) is 1. The minimum atomic E-state index is -0.919. The Morgan fingerprint density at radius 2 is 1.82 bits per heavy atom. The van der Waals surface area contributed by atoms with Crippen molar-refractivity contribution in [1.29, 1.82) is 0 Å². The average Bonchev–Trinajstić information content (AvgIpc) is 2.66. The number of aliphatic carboxylic acids is 1. The van der Waals surface area contributed by atoms with Gasteiger partial charge in [0.05, 0.1) is 5.92 Å². The smallest absolute Gasteiger partial charge is 0.308 e. The first kappa shape index (κ1) is 21.9. The van der Waals surface area contributed by atoms with E-state index < -0.39 is 17.9 Å². The second kappa shape index (κ2) is 10.2. The molecule has 0 aromatic heterocycles. The molecule has 0 bridgehead atoms. The monoisotopic (exact) mass is 390 g/mol. The van der Waals surface area contributed by atoms with Crippen molar-refractivity contribution in [3.05, 3.63) is 35.4 Å². The lowest BCUT2D eigenvalue weighted by molar-refractivity contribution is -0.145. The number of carbonyl (C=O) groups is 3. The van der Waals surface area contributed by atoms with Crippen LogP contribution in [0.15, 0.2) is 24.3 Å². The molecule has 2 amide bonds. The molecular formula is C21H30N2O5. The fourth-order valence-corrected chi connectivity index (χ4v) is 3.48. The van der Waals surface area contributed by atoms with Crippen molar-refractivity contribution in [3.63, 3.8) is 0 Å².